The van der Waals surface area contributed by atoms with E-state index in [1.165, 1.54) is 0 Å². The third-order valence-corrected chi connectivity index (χ3v) is 4.03. The maximum absolute atomic E-state index is 12.2. The Labute approximate surface area is 130 Å². The predicted molar refractivity (Wildman–Crippen MR) is 83.9 cm³/mol. The highest BCUT2D eigenvalue weighted by Crippen LogP contribution is 2.22. The van der Waals surface area contributed by atoms with Gasteiger partial charge in [0, 0.05) is 6.61 Å². The summed E-state index contributed by atoms with van der Waals surface area (Å²) >= 11 is 0. The van der Waals surface area contributed by atoms with Gasteiger partial charge in [-0.25, -0.2) is 5.01 Å². The summed E-state index contributed by atoms with van der Waals surface area (Å²) in [4.78, 5) is 12.2. The van der Waals surface area contributed by atoms with Crippen LogP contribution in [0.3, 0.4) is 0 Å². The van der Waals surface area contributed by atoms with Crippen LogP contribution >= 0.6 is 0 Å². The molecule has 2 aliphatic heterocycles. The Kier molecular flexibility index (Phi) is 4.73. The Balaban J connectivity index is 1.58. The summed E-state index contributed by atoms with van der Waals surface area (Å²) < 4.78 is 11.4. The van der Waals surface area contributed by atoms with Crippen LogP contribution in [0.5, 0.6) is 5.75 Å². The monoisotopic (exact) mass is 302 g/mol. The number of hydrazone groups is 1. The molecule has 1 amide bonds. The number of ether oxygens (including phenoxy) is 2. The first-order valence-electron chi connectivity index (χ1n) is 7.93. The van der Waals surface area contributed by atoms with E-state index in [1.54, 1.807) is 5.01 Å². The molecule has 0 radical (unpaired) electrons. The van der Waals surface area contributed by atoms with Crippen LogP contribution in [-0.2, 0) is 9.53 Å². The number of hydrogen-bond acceptors (Lipinski definition) is 4. The fraction of sp³-hybridized carbons (Fsp3) is 0.529. The van der Waals surface area contributed by atoms with Crippen LogP contribution in [0.4, 0.5) is 0 Å². The van der Waals surface area contributed by atoms with E-state index >= 15 is 0 Å². The van der Waals surface area contributed by atoms with Gasteiger partial charge >= 0.3 is 0 Å². The van der Waals surface area contributed by atoms with Crippen LogP contribution in [0, 0.1) is 0 Å². The number of carbonyl (C=O) groups excluding carboxylic acids is 1. The van der Waals surface area contributed by atoms with Crippen molar-refractivity contribution in [3.8, 4) is 5.75 Å². The number of hydrogen-bond donors (Lipinski definition) is 0. The van der Waals surface area contributed by atoms with Gasteiger partial charge in [0.15, 0.2) is 0 Å². The van der Waals surface area contributed by atoms with Crippen molar-refractivity contribution >= 4 is 11.6 Å². The maximum Gasteiger partial charge on any atom is 0.248 e. The molecule has 0 saturated carbocycles. The summed E-state index contributed by atoms with van der Waals surface area (Å²) in [6, 6.07) is 9.52. The van der Waals surface area contributed by atoms with E-state index in [4.69, 9.17) is 9.47 Å². The summed E-state index contributed by atoms with van der Waals surface area (Å²) in [6.45, 7) is 3.15. The largest absolute Gasteiger partial charge is 0.491 e. The van der Waals surface area contributed by atoms with Crippen molar-refractivity contribution in [2.75, 3.05) is 13.2 Å². The molecule has 0 N–H and O–H groups in total. The average Bonchev–Trinajstić information content (AvgIpc) is 2.96. The van der Waals surface area contributed by atoms with E-state index in [-0.39, 0.29) is 18.1 Å². The van der Waals surface area contributed by atoms with Gasteiger partial charge in [0.05, 0.1) is 24.3 Å². The molecule has 2 aliphatic rings. The van der Waals surface area contributed by atoms with Crippen LogP contribution in [0.1, 0.15) is 32.6 Å². The van der Waals surface area contributed by atoms with Crippen LogP contribution < -0.4 is 4.74 Å². The molecule has 1 aromatic rings. The van der Waals surface area contributed by atoms with E-state index < -0.39 is 0 Å². The lowest BCUT2D eigenvalue weighted by Gasteiger charge is -2.22. The molecule has 2 heterocycles. The Morgan fingerprint density at radius 3 is 2.91 bits per heavy atom. The first-order chi connectivity index (χ1) is 10.7. The molecule has 1 saturated heterocycles. The van der Waals surface area contributed by atoms with Crippen molar-refractivity contribution in [2.24, 2.45) is 5.10 Å². The minimum Gasteiger partial charge on any atom is -0.491 e. The van der Waals surface area contributed by atoms with Crippen LogP contribution in [-0.4, -0.2) is 42.0 Å². The van der Waals surface area contributed by atoms with E-state index in [9.17, 15) is 4.79 Å². The summed E-state index contributed by atoms with van der Waals surface area (Å²) in [5.74, 6) is 0.842. The zero-order chi connectivity index (χ0) is 15.4. The molecule has 0 aromatic heterocycles. The van der Waals surface area contributed by atoms with E-state index in [0.29, 0.717) is 13.0 Å². The van der Waals surface area contributed by atoms with E-state index in [1.807, 2.05) is 37.3 Å². The fourth-order valence-electron chi connectivity index (χ4n) is 2.80. The molecule has 2 unspecified atom stereocenters. The summed E-state index contributed by atoms with van der Waals surface area (Å²) in [7, 11) is 0. The second-order valence-corrected chi connectivity index (χ2v) is 5.83. The number of amides is 1. The smallest absolute Gasteiger partial charge is 0.248 e. The van der Waals surface area contributed by atoms with Crippen molar-refractivity contribution in [1.82, 2.24) is 5.01 Å². The Hall–Kier alpha value is -1.88. The van der Waals surface area contributed by atoms with Gasteiger partial charge in [0.2, 0.25) is 5.91 Å². The minimum atomic E-state index is -0.0891. The van der Waals surface area contributed by atoms with Crippen LogP contribution in [0.2, 0.25) is 0 Å². The molecule has 5 heteroatoms. The second-order valence-electron chi connectivity index (χ2n) is 5.83. The molecular weight excluding hydrogens is 280 g/mol. The van der Waals surface area contributed by atoms with Crippen molar-refractivity contribution in [1.29, 1.82) is 0 Å². The summed E-state index contributed by atoms with van der Waals surface area (Å²) in [6.07, 6.45) is 3.60. The third kappa shape index (κ3) is 3.47. The molecule has 118 valence electrons. The number of para-hydroxylation sites is 1. The van der Waals surface area contributed by atoms with E-state index in [0.717, 1.165) is 37.3 Å². The van der Waals surface area contributed by atoms with Gasteiger partial charge in [-0.1, -0.05) is 18.2 Å². The highest BCUT2D eigenvalue weighted by molar-refractivity contribution is 6.07. The molecule has 3 rings (SSSR count). The van der Waals surface area contributed by atoms with E-state index in [2.05, 4.69) is 5.10 Å². The molecule has 1 fully saturated rings. The molecular formula is C17H22N2O3. The molecule has 0 aliphatic carbocycles. The standard InChI is InChI=1S/C17H22N2O3/c1-13(12-22-14-7-3-2-4-8-14)19-17(20)11-15(18-19)16-9-5-6-10-21-16/h2-4,7-8,13,16H,5-6,9-12H2,1H3. The first kappa shape index (κ1) is 15.0. The zero-order valence-corrected chi connectivity index (χ0v) is 12.9. The highest BCUT2D eigenvalue weighted by Gasteiger charge is 2.33. The van der Waals surface area contributed by atoms with Gasteiger partial charge in [-0.2, -0.15) is 5.10 Å². The molecule has 1 aromatic carbocycles. The predicted octanol–water partition coefficient (Wildman–Crippen LogP) is 2.61. The maximum atomic E-state index is 12.2. The topological polar surface area (TPSA) is 51.1 Å². The van der Waals surface area contributed by atoms with Gasteiger partial charge in [0.1, 0.15) is 12.4 Å². The highest BCUT2D eigenvalue weighted by atomic mass is 16.5. The van der Waals surface area contributed by atoms with Gasteiger partial charge in [-0.3, -0.25) is 4.79 Å². The lowest BCUT2D eigenvalue weighted by Crippen LogP contribution is -2.35. The Morgan fingerprint density at radius 2 is 2.18 bits per heavy atom. The normalized spacial score (nSPS) is 23.3. The second kappa shape index (κ2) is 6.92. The van der Waals surface area contributed by atoms with Crippen molar-refractivity contribution in [3.63, 3.8) is 0 Å². The first-order valence-corrected chi connectivity index (χ1v) is 7.93. The number of benzene rings is 1. The Bertz CT molecular complexity index is 538. The minimum absolute atomic E-state index is 0.0185. The van der Waals surface area contributed by atoms with Crippen molar-refractivity contribution in [2.45, 2.75) is 44.8 Å². The van der Waals surface area contributed by atoms with Gasteiger partial charge in [-0.05, 0) is 38.3 Å². The van der Waals surface area contributed by atoms with Crippen LogP contribution in [0.15, 0.2) is 35.4 Å². The lowest BCUT2D eigenvalue weighted by molar-refractivity contribution is -0.131. The molecule has 5 nitrogen and oxygen atoms in total. The quantitative estimate of drug-likeness (QED) is 0.840. The molecule has 0 bridgehead atoms. The number of rotatable bonds is 5. The average molecular weight is 302 g/mol. The van der Waals surface area contributed by atoms with Crippen LogP contribution in [0.25, 0.3) is 0 Å². The zero-order valence-electron chi connectivity index (χ0n) is 12.9. The third-order valence-electron chi connectivity index (χ3n) is 4.03. The molecule has 2 atom stereocenters. The van der Waals surface area contributed by atoms with Gasteiger partial charge in [0.25, 0.3) is 0 Å². The summed E-state index contributed by atoms with van der Waals surface area (Å²) in [5.41, 5.74) is 0.872. The van der Waals surface area contributed by atoms with Crippen molar-refractivity contribution in [3.05, 3.63) is 30.3 Å². The summed E-state index contributed by atoms with van der Waals surface area (Å²) in [5, 5.41) is 6.05. The fourth-order valence-corrected chi connectivity index (χ4v) is 2.80. The van der Waals surface area contributed by atoms with Crippen molar-refractivity contribution < 1.29 is 14.3 Å². The molecule has 0 spiro atoms. The van der Waals surface area contributed by atoms with Gasteiger partial charge < -0.3 is 9.47 Å². The number of carbonyl (C=O) groups is 1. The molecule has 22 heavy (non-hydrogen) atoms. The SMILES string of the molecule is CC(COc1ccccc1)N1N=C(C2CCCCO2)CC1=O. The lowest BCUT2D eigenvalue weighted by atomic mass is 10.0. The Morgan fingerprint density at radius 1 is 1.36 bits per heavy atom. The van der Waals surface area contributed by atoms with Gasteiger partial charge in [-0.15, -0.1) is 0 Å². The number of nitrogens with zero attached hydrogens (tertiary/aromatic N) is 2.